The highest BCUT2D eigenvalue weighted by Crippen LogP contribution is 2.29. The van der Waals surface area contributed by atoms with Crippen molar-refractivity contribution in [2.75, 3.05) is 33.4 Å². The summed E-state index contributed by atoms with van der Waals surface area (Å²) < 4.78 is 9.70. The summed E-state index contributed by atoms with van der Waals surface area (Å²) in [6, 6.07) is 0. The number of ether oxygens (including phenoxy) is 2. The Morgan fingerprint density at radius 3 is 2.85 bits per heavy atom. The van der Waals surface area contributed by atoms with Gasteiger partial charge in [0, 0.05) is 19.2 Å². The summed E-state index contributed by atoms with van der Waals surface area (Å²) in [5.74, 6) is -0.880. The number of rotatable bonds is 3. The fourth-order valence-corrected chi connectivity index (χ4v) is 2.88. The van der Waals surface area contributed by atoms with E-state index in [0.717, 1.165) is 0 Å². The first-order valence-electron chi connectivity index (χ1n) is 6.23. The fourth-order valence-electron chi connectivity index (χ4n) is 1.86. The molecule has 0 aromatic rings. The zero-order valence-corrected chi connectivity index (χ0v) is 11.9. The summed E-state index contributed by atoms with van der Waals surface area (Å²) >= 11 is 1.18. The van der Waals surface area contributed by atoms with Crippen molar-refractivity contribution in [2.45, 2.75) is 11.7 Å². The van der Waals surface area contributed by atoms with E-state index in [4.69, 9.17) is 4.74 Å². The molecule has 2 saturated heterocycles. The lowest BCUT2D eigenvalue weighted by Crippen LogP contribution is -2.40. The van der Waals surface area contributed by atoms with Crippen molar-refractivity contribution in [3.05, 3.63) is 11.1 Å². The minimum Gasteiger partial charge on any atom is -0.469 e. The molecule has 0 bridgehead atoms. The van der Waals surface area contributed by atoms with Gasteiger partial charge in [-0.1, -0.05) is 11.8 Å². The maximum absolute atomic E-state index is 12.0. The molecule has 0 saturated carbocycles. The average Bonchev–Trinajstić information content (AvgIpc) is 2.79. The predicted octanol–water partition coefficient (Wildman–Crippen LogP) is -0.519. The molecule has 0 aromatic carbocycles. The van der Waals surface area contributed by atoms with Gasteiger partial charge in [-0.25, -0.2) is 0 Å². The van der Waals surface area contributed by atoms with Crippen LogP contribution in [-0.2, 0) is 23.9 Å². The monoisotopic (exact) mass is 300 g/mol. The SMILES string of the molecule is COC(=O)CC1SC(=CC(=O)N2CCOCC2)NC1=O. The van der Waals surface area contributed by atoms with Crippen LogP contribution in [0.2, 0.25) is 0 Å². The van der Waals surface area contributed by atoms with E-state index in [1.165, 1.54) is 24.9 Å². The molecule has 2 rings (SSSR count). The highest BCUT2D eigenvalue weighted by molar-refractivity contribution is 8.04. The second-order valence-electron chi connectivity index (χ2n) is 4.32. The molecule has 110 valence electrons. The minimum absolute atomic E-state index is 0.00388. The molecule has 2 aliphatic rings. The molecule has 1 unspecified atom stereocenters. The van der Waals surface area contributed by atoms with Crippen LogP contribution in [0.3, 0.4) is 0 Å². The third-order valence-corrected chi connectivity index (χ3v) is 4.10. The summed E-state index contributed by atoms with van der Waals surface area (Å²) in [6.07, 6.45) is 1.39. The maximum atomic E-state index is 12.0. The van der Waals surface area contributed by atoms with Gasteiger partial charge in [0.25, 0.3) is 0 Å². The standard InChI is InChI=1S/C12H16N2O5S/c1-18-11(16)6-8-12(17)13-9(20-8)7-10(15)14-2-4-19-5-3-14/h7-8H,2-6H2,1H3,(H,13,17). The van der Waals surface area contributed by atoms with Gasteiger partial charge in [-0.05, 0) is 0 Å². The second-order valence-corrected chi connectivity index (χ2v) is 5.57. The van der Waals surface area contributed by atoms with Gasteiger partial charge in [-0.3, -0.25) is 14.4 Å². The van der Waals surface area contributed by atoms with E-state index in [1.54, 1.807) is 4.90 Å². The van der Waals surface area contributed by atoms with Crippen molar-refractivity contribution in [2.24, 2.45) is 0 Å². The van der Waals surface area contributed by atoms with E-state index in [2.05, 4.69) is 10.1 Å². The molecular weight excluding hydrogens is 284 g/mol. The Balaban J connectivity index is 1.93. The van der Waals surface area contributed by atoms with Crippen LogP contribution in [-0.4, -0.2) is 61.3 Å². The number of methoxy groups -OCH3 is 1. The highest BCUT2D eigenvalue weighted by atomic mass is 32.2. The molecule has 2 amide bonds. The number of hydrogen-bond donors (Lipinski definition) is 1. The lowest BCUT2D eigenvalue weighted by atomic mass is 10.3. The Morgan fingerprint density at radius 1 is 1.50 bits per heavy atom. The van der Waals surface area contributed by atoms with E-state index in [-0.39, 0.29) is 18.2 Å². The van der Waals surface area contributed by atoms with Crippen LogP contribution in [0.4, 0.5) is 0 Å². The summed E-state index contributed by atoms with van der Waals surface area (Å²) in [5, 5.41) is 2.54. The van der Waals surface area contributed by atoms with Crippen LogP contribution in [0.15, 0.2) is 11.1 Å². The van der Waals surface area contributed by atoms with Crippen molar-refractivity contribution in [1.82, 2.24) is 10.2 Å². The lowest BCUT2D eigenvalue weighted by molar-refractivity contribution is -0.141. The van der Waals surface area contributed by atoms with Gasteiger partial charge in [-0.2, -0.15) is 0 Å². The Labute approximate surface area is 120 Å². The van der Waals surface area contributed by atoms with Crippen LogP contribution in [0, 0.1) is 0 Å². The molecule has 20 heavy (non-hydrogen) atoms. The highest BCUT2D eigenvalue weighted by Gasteiger charge is 2.32. The van der Waals surface area contributed by atoms with Gasteiger partial charge in [0.05, 0.1) is 31.8 Å². The summed E-state index contributed by atoms with van der Waals surface area (Å²) in [5.41, 5.74) is 0. The number of carbonyl (C=O) groups excluding carboxylic acids is 3. The van der Waals surface area contributed by atoms with E-state index in [0.29, 0.717) is 31.3 Å². The van der Waals surface area contributed by atoms with Gasteiger partial charge in [0.2, 0.25) is 11.8 Å². The molecule has 1 atom stereocenters. The first-order chi connectivity index (χ1) is 9.60. The number of amides is 2. The van der Waals surface area contributed by atoms with E-state index in [9.17, 15) is 14.4 Å². The topological polar surface area (TPSA) is 84.9 Å². The van der Waals surface area contributed by atoms with Crippen LogP contribution in [0.25, 0.3) is 0 Å². The number of nitrogens with one attached hydrogen (secondary N) is 1. The Kier molecular flexibility index (Phi) is 5.02. The zero-order valence-electron chi connectivity index (χ0n) is 11.1. The maximum Gasteiger partial charge on any atom is 0.307 e. The smallest absolute Gasteiger partial charge is 0.307 e. The van der Waals surface area contributed by atoms with Crippen molar-refractivity contribution in [1.29, 1.82) is 0 Å². The van der Waals surface area contributed by atoms with Crippen LogP contribution >= 0.6 is 11.8 Å². The molecule has 1 N–H and O–H groups in total. The van der Waals surface area contributed by atoms with Crippen LogP contribution < -0.4 is 5.32 Å². The van der Waals surface area contributed by atoms with Crippen molar-refractivity contribution >= 4 is 29.5 Å². The minimum atomic E-state index is -0.536. The summed E-state index contributed by atoms with van der Waals surface area (Å²) in [7, 11) is 1.28. The number of carbonyl (C=O) groups is 3. The number of thioether (sulfide) groups is 1. The molecule has 0 spiro atoms. The molecule has 2 heterocycles. The van der Waals surface area contributed by atoms with Gasteiger partial charge >= 0.3 is 5.97 Å². The first kappa shape index (κ1) is 14.9. The van der Waals surface area contributed by atoms with Gasteiger partial charge in [-0.15, -0.1) is 0 Å². The molecule has 2 aliphatic heterocycles. The third kappa shape index (κ3) is 3.73. The van der Waals surface area contributed by atoms with Crippen molar-refractivity contribution in [3.63, 3.8) is 0 Å². The normalized spacial score (nSPS) is 24.6. The van der Waals surface area contributed by atoms with Crippen LogP contribution in [0.5, 0.6) is 0 Å². The fraction of sp³-hybridized carbons (Fsp3) is 0.583. The third-order valence-electron chi connectivity index (χ3n) is 2.97. The number of hydrogen-bond acceptors (Lipinski definition) is 6. The molecule has 2 fully saturated rings. The number of morpholine rings is 1. The molecule has 7 nitrogen and oxygen atoms in total. The Hall–Kier alpha value is -1.54. The summed E-state index contributed by atoms with van der Waals surface area (Å²) in [4.78, 5) is 36.5. The molecular formula is C12H16N2O5S. The molecule has 0 aromatic heterocycles. The van der Waals surface area contributed by atoms with Gasteiger partial charge in [0.15, 0.2) is 0 Å². The van der Waals surface area contributed by atoms with Crippen molar-refractivity contribution in [3.8, 4) is 0 Å². The molecule has 0 aliphatic carbocycles. The summed E-state index contributed by atoms with van der Waals surface area (Å²) in [6.45, 7) is 2.15. The van der Waals surface area contributed by atoms with E-state index < -0.39 is 11.2 Å². The van der Waals surface area contributed by atoms with Crippen LogP contribution in [0.1, 0.15) is 6.42 Å². The van der Waals surface area contributed by atoms with Gasteiger partial charge < -0.3 is 19.7 Å². The Morgan fingerprint density at radius 2 is 2.20 bits per heavy atom. The predicted molar refractivity (Wildman–Crippen MR) is 71.6 cm³/mol. The van der Waals surface area contributed by atoms with E-state index in [1.807, 2.05) is 0 Å². The number of nitrogens with zero attached hydrogens (tertiary/aromatic N) is 1. The lowest BCUT2D eigenvalue weighted by Gasteiger charge is -2.25. The number of esters is 1. The first-order valence-corrected chi connectivity index (χ1v) is 7.11. The average molecular weight is 300 g/mol. The van der Waals surface area contributed by atoms with Gasteiger partial charge in [0.1, 0.15) is 5.25 Å². The van der Waals surface area contributed by atoms with E-state index >= 15 is 0 Å². The Bertz CT molecular complexity index is 445. The molecule has 0 radical (unpaired) electrons. The van der Waals surface area contributed by atoms with Crippen molar-refractivity contribution < 1.29 is 23.9 Å². The quantitative estimate of drug-likeness (QED) is 0.558. The largest absolute Gasteiger partial charge is 0.469 e. The zero-order chi connectivity index (χ0) is 14.5. The molecule has 8 heteroatoms. The second kappa shape index (κ2) is 6.76.